The topological polar surface area (TPSA) is 56.0 Å². The maximum absolute atomic E-state index is 11.7. The van der Waals surface area contributed by atoms with Gasteiger partial charge in [-0.2, -0.15) is 0 Å². The van der Waals surface area contributed by atoms with E-state index in [1.54, 1.807) is 0 Å². The van der Waals surface area contributed by atoms with Crippen molar-refractivity contribution in [1.29, 1.82) is 0 Å². The van der Waals surface area contributed by atoms with E-state index in [0.717, 1.165) is 29.8 Å². The van der Waals surface area contributed by atoms with Crippen LogP contribution in [0.4, 0.5) is 5.13 Å². The highest BCUT2D eigenvalue weighted by Gasteiger charge is 2.26. The molecule has 1 atom stereocenters. The van der Waals surface area contributed by atoms with Crippen molar-refractivity contribution in [2.75, 3.05) is 5.73 Å². The van der Waals surface area contributed by atoms with Crippen LogP contribution in [0.3, 0.4) is 0 Å². The number of rotatable bonds is 0. The number of nitrogens with two attached hydrogens (primary N) is 1. The number of halogens is 1. The van der Waals surface area contributed by atoms with Crippen LogP contribution in [0.1, 0.15) is 28.2 Å². The Morgan fingerprint density at radius 1 is 1.62 bits per heavy atom. The van der Waals surface area contributed by atoms with Crippen LogP contribution in [0.15, 0.2) is 0 Å². The molecule has 0 aliphatic heterocycles. The summed E-state index contributed by atoms with van der Waals surface area (Å²) in [6.45, 7) is 0. The van der Waals surface area contributed by atoms with Gasteiger partial charge in [-0.15, -0.1) is 0 Å². The fourth-order valence-electron chi connectivity index (χ4n) is 1.45. The summed E-state index contributed by atoms with van der Waals surface area (Å²) in [6, 6.07) is 0. The second kappa shape index (κ2) is 3.38. The van der Waals surface area contributed by atoms with Crippen molar-refractivity contribution in [2.24, 2.45) is 0 Å². The molecule has 1 aliphatic carbocycles. The van der Waals surface area contributed by atoms with E-state index < -0.39 is 0 Å². The standard InChI is InChI=1S/C8H9BrN2OS/c9-4-2-1-3-5-7(6(4)12)13-8(10)11-5/h4H,1-3H2,(H2,10,11). The molecule has 1 aliphatic rings. The van der Waals surface area contributed by atoms with Crippen molar-refractivity contribution in [1.82, 2.24) is 4.98 Å². The monoisotopic (exact) mass is 260 g/mol. The number of thiazole rings is 1. The molecule has 0 saturated carbocycles. The summed E-state index contributed by atoms with van der Waals surface area (Å²) >= 11 is 4.67. The van der Waals surface area contributed by atoms with E-state index in [1.807, 2.05) is 0 Å². The number of nitrogen functional groups attached to an aromatic ring is 1. The van der Waals surface area contributed by atoms with Gasteiger partial charge >= 0.3 is 0 Å². The Hall–Kier alpha value is -0.420. The first-order chi connectivity index (χ1) is 6.18. The molecule has 5 heteroatoms. The Morgan fingerprint density at radius 3 is 3.15 bits per heavy atom. The Morgan fingerprint density at radius 2 is 2.38 bits per heavy atom. The maximum Gasteiger partial charge on any atom is 0.188 e. The second-order valence-corrected chi connectivity index (χ2v) is 5.19. The molecule has 70 valence electrons. The summed E-state index contributed by atoms with van der Waals surface area (Å²) in [5, 5.41) is 0.500. The Kier molecular flexibility index (Phi) is 2.38. The third-order valence-electron chi connectivity index (χ3n) is 2.09. The van der Waals surface area contributed by atoms with Crippen molar-refractivity contribution in [3.8, 4) is 0 Å². The normalized spacial score (nSPS) is 22.5. The summed E-state index contributed by atoms with van der Waals surface area (Å²) in [4.78, 5) is 16.6. The number of hydrogen-bond acceptors (Lipinski definition) is 4. The molecular weight excluding hydrogens is 252 g/mol. The van der Waals surface area contributed by atoms with Crippen LogP contribution in [-0.4, -0.2) is 15.6 Å². The maximum atomic E-state index is 11.7. The van der Waals surface area contributed by atoms with E-state index >= 15 is 0 Å². The van der Waals surface area contributed by atoms with Crippen LogP contribution >= 0.6 is 27.3 Å². The van der Waals surface area contributed by atoms with Gasteiger partial charge in [0.1, 0.15) is 0 Å². The fraction of sp³-hybridized carbons (Fsp3) is 0.500. The zero-order valence-corrected chi connectivity index (χ0v) is 9.32. The van der Waals surface area contributed by atoms with Crippen molar-refractivity contribution in [3.05, 3.63) is 10.6 Å². The van der Waals surface area contributed by atoms with Crippen LogP contribution in [0.2, 0.25) is 0 Å². The smallest absolute Gasteiger partial charge is 0.188 e. The van der Waals surface area contributed by atoms with Crippen LogP contribution < -0.4 is 5.73 Å². The van der Waals surface area contributed by atoms with Crippen LogP contribution in [0, 0.1) is 0 Å². The molecule has 0 amide bonds. The third kappa shape index (κ3) is 1.62. The number of ketones is 1. The minimum Gasteiger partial charge on any atom is -0.375 e. The van der Waals surface area contributed by atoms with Crippen molar-refractivity contribution in [3.63, 3.8) is 0 Å². The molecule has 2 N–H and O–H groups in total. The lowest BCUT2D eigenvalue weighted by Crippen LogP contribution is -2.11. The minimum atomic E-state index is -0.0476. The number of nitrogens with zero attached hydrogens (tertiary/aromatic N) is 1. The summed E-state index contributed by atoms with van der Waals surface area (Å²) in [7, 11) is 0. The van der Waals surface area contributed by atoms with E-state index in [1.165, 1.54) is 11.3 Å². The number of alkyl halides is 1. The lowest BCUT2D eigenvalue weighted by atomic mass is 10.2. The summed E-state index contributed by atoms with van der Waals surface area (Å²) in [5.74, 6) is 0.140. The van der Waals surface area contributed by atoms with Gasteiger partial charge in [0.2, 0.25) is 0 Å². The number of aromatic nitrogens is 1. The second-order valence-electron chi connectivity index (χ2n) is 3.05. The van der Waals surface area contributed by atoms with Gasteiger partial charge in [0.15, 0.2) is 10.9 Å². The Balaban J connectivity index is 2.45. The SMILES string of the molecule is Nc1nc2c(s1)C(=O)C(Br)CCC2. The zero-order chi connectivity index (χ0) is 9.42. The van der Waals surface area contributed by atoms with Gasteiger partial charge in [-0.1, -0.05) is 27.3 Å². The summed E-state index contributed by atoms with van der Waals surface area (Å²) in [5.41, 5.74) is 6.44. The molecule has 3 nitrogen and oxygen atoms in total. The molecule has 0 radical (unpaired) electrons. The number of anilines is 1. The number of Topliss-reactive ketones (excluding diaryl/α,β-unsaturated/α-hetero) is 1. The molecule has 0 spiro atoms. The van der Waals surface area contributed by atoms with Gasteiger partial charge in [-0.3, -0.25) is 4.79 Å². The number of aryl methyl sites for hydroxylation is 1. The van der Waals surface area contributed by atoms with E-state index in [0.29, 0.717) is 5.13 Å². The predicted molar refractivity (Wildman–Crippen MR) is 56.5 cm³/mol. The molecule has 1 aromatic rings. The molecule has 0 bridgehead atoms. The molecular formula is C8H9BrN2OS. The van der Waals surface area contributed by atoms with Gasteiger partial charge in [0.25, 0.3) is 0 Å². The van der Waals surface area contributed by atoms with Crippen LogP contribution in [0.25, 0.3) is 0 Å². The zero-order valence-electron chi connectivity index (χ0n) is 6.92. The van der Waals surface area contributed by atoms with E-state index in [2.05, 4.69) is 20.9 Å². The van der Waals surface area contributed by atoms with Gasteiger partial charge in [-0.05, 0) is 19.3 Å². The van der Waals surface area contributed by atoms with Crippen molar-refractivity contribution >= 4 is 38.2 Å². The molecule has 0 aromatic carbocycles. The first-order valence-corrected chi connectivity index (χ1v) is 5.85. The Bertz CT molecular complexity index is 350. The summed E-state index contributed by atoms with van der Waals surface area (Å²) in [6.07, 6.45) is 2.76. The van der Waals surface area contributed by atoms with Gasteiger partial charge < -0.3 is 5.73 Å². The molecule has 0 fully saturated rings. The lowest BCUT2D eigenvalue weighted by molar-refractivity contribution is 0.0994. The lowest BCUT2D eigenvalue weighted by Gasteiger charge is -2.00. The number of fused-ring (bicyclic) bond motifs is 1. The fourth-order valence-corrected chi connectivity index (χ4v) is 3.03. The first-order valence-electron chi connectivity index (χ1n) is 4.12. The van der Waals surface area contributed by atoms with Crippen LogP contribution in [0.5, 0.6) is 0 Å². The molecule has 1 unspecified atom stereocenters. The van der Waals surface area contributed by atoms with Gasteiger partial charge in [-0.25, -0.2) is 4.98 Å². The number of hydrogen-bond donors (Lipinski definition) is 1. The average molecular weight is 261 g/mol. The number of carbonyl (C=O) groups is 1. The highest BCUT2D eigenvalue weighted by molar-refractivity contribution is 9.10. The first kappa shape index (κ1) is 9.15. The number of carbonyl (C=O) groups excluding carboxylic acids is 1. The molecule has 2 rings (SSSR count). The minimum absolute atomic E-state index is 0.0476. The van der Waals surface area contributed by atoms with Gasteiger partial charge in [0.05, 0.1) is 15.4 Å². The van der Waals surface area contributed by atoms with E-state index in [4.69, 9.17) is 5.73 Å². The van der Waals surface area contributed by atoms with Crippen LogP contribution in [-0.2, 0) is 6.42 Å². The van der Waals surface area contributed by atoms with Crippen molar-refractivity contribution in [2.45, 2.75) is 24.1 Å². The molecule has 0 saturated heterocycles. The van der Waals surface area contributed by atoms with Gasteiger partial charge in [0, 0.05) is 0 Å². The Labute approximate surface area is 88.5 Å². The van der Waals surface area contributed by atoms with E-state index in [9.17, 15) is 4.79 Å². The highest BCUT2D eigenvalue weighted by Crippen LogP contribution is 2.29. The van der Waals surface area contributed by atoms with Crippen molar-refractivity contribution < 1.29 is 4.79 Å². The third-order valence-corrected chi connectivity index (χ3v) is 3.91. The quantitative estimate of drug-likeness (QED) is 0.574. The molecule has 1 heterocycles. The summed E-state index contributed by atoms with van der Waals surface area (Å²) < 4.78 is 0. The highest BCUT2D eigenvalue weighted by atomic mass is 79.9. The largest absolute Gasteiger partial charge is 0.375 e. The average Bonchev–Trinajstić information content (AvgIpc) is 2.40. The molecule has 13 heavy (non-hydrogen) atoms. The van der Waals surface area contributed by atoms with E-state index in [-0.39, 0.29) is 10.6 Å². The molecule has 1 aromatic heterocycles. The predicted octanol–water partition coefficient (Wildman–Crippen LogP) is 2.01.